The first-order valence-corrected chi connectivity index (χ1v) is 11.5. The molecule has 0 heterocycles. The number of aliphatic hydroxyl groups excluding tert-OH is 1. The van der Waals surface area contributed by atoms with Gasteiger partial charge in [0.05, 0.1) is 11.1 Å². The molecule has 0 bridgehead atoms. The minimum absolute atomic E-state index is 0.00726. The van der Waals surface area contributed by atoms with E-state index in [4.69, 9.17) is 9.84 Å². The number of amides is 1. The van der Waals surface area contributed by atoms with E-state index < -0.39 is 53.2 Å². The van der Waals surface area contributed by atoms with Crippen molar-refractivity contribution < 1.29 is 41.0 Å². The van der Waals surface area contributed by atoms with Crippen molar-refractivity contribution in [2.45, 2.75) is 44.5 Å². The molecule has 1 unspecified atom stereocenters. The maximum atomic E-state index is 14.2. The molecule has 1 aliphatic rings. The maximum Gasteiger partial charge on any atom is 0.416 e. The van der Waals surface area contributed by atoms with Crippen LogP contribution in [0.3, 0.4) is 0 Å². The lowest BCUT2D eigenvalue weighted by atomic mass is 9.98. The van der Waals surface area contributed by atoms with Gasteiger partial charge in [0, 0.05) is 24.3 Å². The Balaban J connectivity index is 1.76. The van der Waals surface area contributed by atoms with Crippen LogP contribution in [0.25, 0.3) is 0 Å². The smallest absolute Gasteiger partial charge is 0.416 e. The van der Waals surface area contributed by atoms with Gasteiger partial charge in [0.25, 0.3) is 5.91 Å². The first-order valence-electron chi connectivity index (χ1n) is 11.5. The van der Waals surface area contributed by atoms with Gasteiger partial charge in [0.2, 0.25) is 0 Å². The van der Waals surface area contributed by atoms with E-state index in [0.29, 0.717) is 24.5 Å². The summed E-state index contributed by atoms with van der Waals surface area (Å²) < 4.78 is 89.4. The number of ether oxygens (including phenoxy) is 1. The summed E-state index contributed by atoms with van der Waals surface area (Å²) in [7, 11) is 0. The second kappa shape index (κ2) is 10.5. The molecule has 10 heteroatoms. The third kappa shape index (κ3) is 6.07. The Hall–Kier alpha value is -3.53. The van der Waals surface area contributed by atoms with Crippen LogP contribution in [0.1, 0.15) is 64.0 Å². The first-order chi connectivity index (χ1) is 17.5. The van der Waals surface area contributed by atoms with Crippen molar-refractivity contribution in [2.24, 2.45) is 0 Å². The van der Waals surface area contributed by atoms with Crippen LogP contribution in [0.5, 0.6) is 11.5 Å². The molecule has 0 radical (unpaired) electrons. The van der Waals surface area contributed by atoms with Crippen LogP contribution in [0.15, 0.2) is 48.5 Å². The fourth-order valence-electron chi connectivity index (χ4n) is 4.01. The van der Waals surface area contributed by atoms with E-state index in [0.717, 1.165) is 24.3 Å². The molecular formula is C27H23F6NO3. The number of hydrogen-bond acceptors (Lipinski definition) is 3. The number of aryl methyl sites for hydroxylation is 1. The Morgan fingerprint density at radius 3 is 2.43 bits per heavy atom. The standard InChI is InChI=1S/C27H23F6NO3/c1-14-10-16(28)4-7-24(14)37-25-13-18(15-2-3-15)21(27(31,32)33)12-20(25)26(36)34-17-5-6-22(29)19(11-17)23(30)8-9-35/h4-7,10-13,15,23,35H,2-3,8-9H2,1H3,(H,34,36). The van der Waals surface area contributed by atoms with Gasteiger partial charge in [-0.15, -0.1) is 0 Å². The van der Waals surface area contributed by atoms with Crippen LogP contribution in [-0.2, 0) is 6.18 Å². The summed E-state index contributed by atoms with van der Waals surface area (Å²) in [6.45, 7) is 1.01. The van der Waals surface area contributed by atoms with Gasteiger partial charge in [-0.05, 0) is 85.3 Å². The molecule has 1 saturated carbocycles. The van der Waals surface area contributed by atoms with Crippen LogP contribution in [-0.4, -0.2) is 17.6 Å². The summed E-state index contributed by atoms with van der Waals surface area (Å²) in [6.07, 6.45) is -5.86. The molecule has 0 spiro atoms. The average molecular weight is 523 g/mol. The van der Waals surface area contributed by atoms with Crippen LogP contribution in [0, 0.1) is 18.6 Å². The fourth-order valence-corrected chi connectivity index (χ4v) is 4.01. The van der Waals surface area contributed by atoms with Crippen molar-refractivity contribution in [3.05, 3.63) is 88.0 Å². The van der Waals surface area contributed by atoms with Crippen molar-refractivity contribution in [3.63, 3.8) is 0 Å². The van der Waals surface area contributed by atoms with Crippen LogP contribution in [0.2, 0.25) is 0 Å². The summed E-state index contributed by atoms with van der Waals surface area (Å²) >= 11 is 0. The number of nitrogens with one attached hydrogen (secondary N) is 1. The molecule has 4 rings (SSSR count). The van der Waals surface area contributed by atoms with Crippen molar-refractivity contribution in [1.29, 1.82) is 0 Å². The highest BCUT2D eigenvalue weighted by Gasteiger charge is 2.40. The zero-order chi connectivity index (χ0) is 26.9. The molecule has 0 saturated heterocycles. The molecule has 1 atom stereocenters. The Morgan fingerprint density at radius 1 is 1.08 bits per heavy atom. The van der Waals surface area contributed by atoms with Gasteiger partial charge in [0.1, 0.15) is 29.3 Å². The van der Waals surface area contributed by atoms with Gasteiger partial charge >= 0.3 is 6.18 Å². The Kier molecular flexibility index (Phi) is 7.49. The van der Waals surface area contributed by atoms with Gasteiger partial charge in [-0.2, -0.15) is 13.2 Å². The molecule has 1 amide bonds. The number of rotatable bonds is 8. The topological polar surface area (TPSA) is 58.6 Å². The van der Waals surface area contributed by atoms with Crippen molar-refractivity contribution in [1.82, 2.24) is 0 Å². The third-order valence-electron chi connectivity index (χ3n) is 6.05. The summed E-state index contributed by atoms with van der Waals surface area (Å²) in [4.78, 5) is 13.2. The van der Waals surface area contributed by atoms with E-state index >= 15 is 0 Å². The Bertz CT molecular complexity index is 1320. The fraction of sp³-hybridized carbons (Fsp3) is 0.296. The van der Waals surface area contributed by atoms with E-state index in [1.807, 2.05) is 0 Å². The highest BCUT2D eigenvalue weighted by Crippen LogP contribution is 2.48. The highest BCUT2D eigenvalue weighted by molar-refractivity contribution is 6.06. The molecule has 3 aromatic carbocycles. The molecule has 1 fully saturated rings. The van der Waals surface area contributed by atoms with E-state index in [2.05, 4.69) is 5.32 Å². The SMILES string of the molecule is Cc1cc(F)ccc1Oc1cc(C2CC2)c(C(F)(F)F)cc1C(=O)Nc1ccc(F)c(C(F)CCO)c1. The van der Waals surface area contributed by atoms with E-state index in [1.54, 1.807) is 6.92 Å². The van der Waals surface area contributed by atoms with Gasteiger partial charge < -0.3 is 15.2 Å². The second-order valence-electron chi connectivity index (χ2n) is 8.89. The summed E-state index contributed by atoms with van der Waals surface area (Å²) in [5.41, 5.74) is -1.56. The predicted octanol–water partition coefficient (Wildman–Crippen LogP) is 7.61. The van der Waals surface area contributed by atoms with Gasteiger partial charge in [-0.25, -0.2) is 13.2 Å². The number of benzene rings is 3. The quantitative estimate of drug-likeness (QED) is 0.299. The van der Waals surface area contributed by atoms with Crippen molar-refractivity contribution in [3.8, 4) is 11.5 Å². The Labute approximate surface area is 208 Å². The summed E-state index contributed by atoms with van der Waals surface area (Å²) in [5.74, 6) is -2.80. The number of hydrogen-bond donors (Lipinski definition) is 2. The molecule has 0 aliphatic heterocycles. The van der Waals surface area contributed by atoms with Gasteiger partial charge in [0.15, 0.2) is 0 Å². The lowest BCUT2D eigenvalue weighted by Gasteiger charge is -2.19. The van der Waals surface area contributed by atoms with E-state index in [-0.39, 0.29) is 35.1 Å². The zero-order valence-corrected chi connectivity index (χ0v) is 19.6. The molecule has 1 aliphatic carbocycles. The summed E-state index contributed by atoms with van der Waals surface area (Å²) in [6, 6.07) is 8.53. The average Bonchev–Trinajstić information content (AvgIpc) is 3.66. The van der Waals surface area contributed by atoms with Gasteiger partial charge in [-0.3, -0.25) is 4.79 Å². The molecule has 2 N–H and O–H groups in total. The minimum atomic E-state index is -4.74. The number of carbonyl (C=O) groups is 1. The van der Waals surface area contributed by atoms with E-state index in [9.17, 15) is 31.1 Å². The molecule has 196 valence electrons. The number of alkyl halides is 4. The monoisotopic (exact) mass is 523 g/mol. The van der Waals surface area contributed by atoms with E-state index in [1.165, 1.54) is 18.2 Å². The number of carbonyl (C=O) groups excluding carboxylic acids is 1. The number of aliphatic hydroxyl groups is 1. The van der Waals surface area contributed by atoms with Crippen LogP contribution in [0.4, 0.5) is 32.0 Å². The molecule has 3 aromatic rings. The number of halogens is 6. The van der Waals surface area contributed by atoms with Gasteiger partial charge in [-0.1, -0.05) is 0 Å². The third-order valence-corrected chi connectivity index (χ3v) is 6.05. The normalized spacial score (nSPS) is 14.4. The molecule has 0 aromatic heterocycles. The maximum absolute atomic E-state index is 14.2. The zero-order valence-electron chi connectivity index (χ0n) is 19.6. The highest BCUT2D eigenvalue weighted by atomic mass is 19.4. The predicted molar refractivity (Wildman–Crippen MR) is 125 cm³/mol. The lowest BCUT2D eigenvalue weighted by Crippen LogP contribution is -2.17. The van der Waals surface area contributed by atoms with Crippen molar-refractivity contribution >= 4 is 11.6 Å². The minimum Gasteiger partial charge on any atom is -0.456 e. The largest absolute Gasteiger partial charge is 0.456 e. The summed E-state index contributed by atoms with van der Waals surface area (Å²) in [5, 5.41) is 11.3. The molecular weight excluding hydrogens is 500 g/mol. The second-order valence-corrected chi connectivity index (χ2v) is 8.89. The first kappa shape index (κ1) is 26.5. The van der Waals surface area contributed by atoms with Crippen LogP contribution >= 0.6 is 0 Å². The molecule has 37 heavy (non-hydrogen) atoms. The number of anilines is 1. The van der Waals surface area contributed by atoms with Crippen molar-refractivity contribution in [2.75, 3.05) is 11.9 Å². The molecule has 4 nitrogen and oxygen atoms in total. The Morgan fingerprint density at radius 2 is 1.81 bits per heavy atom. The lowest BCUT2D eigenvalue weighted by molar-refractivity contribution is -0.138. The van der Waals surface area contributed by atoms with Crippen LogP contribution < -0.4 is 10.1 Å².